The van der Waals surface area contributed by atoms with E-state index in [0.29, 0.717) is 30.8 Å². The van der Waals surface area contributed by atoms with Crippen LogP contribution in [0.4, 0.5) is 0 Å². The number of aliphatic carboxylic acids is 4. The van der Waals surface area contributed by atoms with Crippen molar-refractivity contribution in [2.24, 2.45) is 17.8 Å². The topological polar surface area (TPSA) is 245 Å². The Balaban J connectivity index is 0. The number of carboxylic acid groups (broad SMARTS) is 4. The van der Waals surface area contributed by atoms with Gasteiger partial charge >= 0.3 is 53.3 Å². The summed E-state index contributed by atoms with van der Waals surface area (Å²) in [7, 11) is -11.1. The lowest BCUT2D eigenvalue weighted by molar-refractivity contribution is -0.193. The van der Waals surface area contributed by atoms with Crippen molar-refractivity contribution in [2.45, 2.75) is 116 Å². The number of carboxylic acids is 4. The second-order valence-electron chi connectivity index (χ2n) is 14.6. The maximum atomic E-state index is 11.4. The maximum absolute atomic E-state index is 11.4. The van der Waals surface area contributed by atoms with Gasteiger partial charge in [0.05, 0.1) is 0 Å². The van der Waals surface area contributed by atoms with Crippen LogP contribution >= 0.6 is 0 Å². The molecule has 0 bridgehead atoms. The van der Waals surface area contributed by atoms with Crippen molar-refractivity contribution < 1.29 is 71.1 Å². The molecule has 0 saturated carbocycles. The van der Waals surface area contributed by atoms with Crippen molar-refractivity contribution in [3.63, 3.8) is 0 Å². The number of hydrogen-bond acceptors (Lipinski definition) is 11. The monoisotopic (exact) mass is 804 g/mol. The van der Waals surface area contributed by atoms with Crippen LogP contribution in [0.25, 0.3) is 0 Å². The molecule has 0 fully saturated rings. The molecule has 1 aromatic rings. The van der Waals surface area contributed by atoms with Gasteiger partial charge in [-0.15, -0.1) is 0 Å². The first-order valence-corrected chi connectivity index (χ1v) is 28.0. The Morgan fingerprint density at radius 3 is 1.25 bits per heavy atom. The van der Waals surface area contributed by atoms with E-state index in [0.717, 1.165) is 17.7 Å². The van der Waals surface area contributed by atoms with Gasteiger partial charge < -0.3 is 32.8 Å². The molecule has 0 aliphatic carbocycles. The van der Waals surface area contributed by atoms with E-state index in [1.54, 1.807) is 0 Å². The smallest absolute Gasteiger partial charge is 0.373 e. The lowest BCUT2D eigenvalue weighted by atomic mass is 9.99. The van der Waals surface area contributed by atoms with E-state index in [4.69, 9.17) is 31.5 Å². The Labute approximate surface area is 309 Å². The molecule has 2 atom stereocenters. The van der Waals surface area contributed by atoms with E-state index >= 15 is 0 Å². The van der Waals surface area contributed by atoms with Crippen LogP contribution in [0.5, 0.6) is 0 Å². The molecule has 0 saturated heterocycles. The summed E-state index contributed by atoms with van der Waals surface area (Å²) in [6.07, 6.45) is 1.39. The standard InChI is InChI=1S/C31H56O11Si4.2CO2/c1-24(2)14-19-45(7,40-43(3,4)17-15-25(20-28(32)33)21-29(34)35)42-46(8,27-12-10-9-11-13-27)41-44(5,6)18-16-26(22-30(36)37)23-31(38)39;2*2-1-3/h9-13,24-26H,14-23H2,1-8H3,(H,32,33)(H,34,35)(H,36,37)(H,38,39);;. The van der Waals surface area contributed by atoms with Gasteiger partial charge in [-0.1, -0.05) is 44.2 Å². The molecule has 1 rings (SSSR count). The third kappa shape index (κ3) is 24.7. The summed E-state index contributed by atoms with van der Waals surface area (Å²) >= 11 is 0. The molecule has 0 radical (unpaired) electrons. The molecule has 294 valence electrons. The van der Waals surface area contributed by atoms with Crippen LogP contribution in [-0.4, -0.2) is 90.4 Å². The van der Waals surface area contributed by atoms with Crippen LogP contribution < -0.4 is 5.19 Å². The fourth-order valence-corrected chi connectivity index (χ4v) is 25.8. The average Bonchev–Trinajstić information content (AvgIpc) is 2.97. The van der Waals surface area contributed by atoms with Gasteiger partial charge in [0, 0.05) is 25.7 Å². The first-order chi connectivity index (χ1) is 23.9. The summed E-state index contributed by atoms with van der Waals surface area (Å²) in [6.45, 7) is 16.6. The Morgan fingerprint density at radius 1 is 0.577 bits per heavy atom. The minimum Gasteiger partial charge on any atom is -0.481 e. The highest BCUT2D eigenvalue weighted by molar-refractivity contribution is 6.95. The molecule has 0 aliphatic heterocycles. The lowest BCUT2D eigenvalue weighted by Crippen LogP contribution is -2.64. The number of hydrogen-bond donors (Lipinski definition) is 4. The molecule has 2 unspecified atom stereocenters. The van der Waals surface area contributed by atoms with Crippen LogP contribution in [0.3, 0.4) is 0 Å². The van der Waals surface area contributed by atoms with Crippen molar-refractivity contribution in [2.75, 3.05) is 0 Å². The first kappa shape index (κ1) is 50.7. The van der Waals surface area contributed by atoms with E-state index in [2.05, 4.69) is 46.6 Å². The summed E-state index contributed by atoms with van der Waals surface area (Å²) in [5.74, 6) is -4.66. The van der Waals surface area contributed by atoms with Gasteiger partial charge in [0.25, 0.3) is 0 Å². The zero-order valence-electron chi connectivity index (χ0n) is 31.5. The van der Waals surface area contributed by atoms with Crippen molar-refractivity contribution >= 4 is 75.1 Å². The molecule has 0 heterocycles. The van der Waals surface area contributed by atoms with Crippen molar-refractivity contribution in [1.29, 1.82) is 0 Å². The lowest BCUT2D eigenvalue weighted by Gasteiger charge is -2.44. The molecule has 0 amide bonds. The van der Waals surface area contributed by atoms with E-state index in [1.165, 1.54) is 0 Å². The second kappa shape index (κ2) is 24.8. The third-order valence-electron chi connectivity index (χ3n) is 8.01. The summed E-state index contributed by atoms with van der Waals surface area (Å²) in [5.41, 5.74) is 0. The van der Waals surface area contributed by atoms with Crippen LogP contribution in [0.15, 0.2) is 30.3 Å². The molecule has 4 N–H and O–H groups in total. The zero-order chi connectivity index (χ0) is 40.8. The van der Waals surface area contributed by atoms with Crippen molar-refractivity contribution in [3.05, 3.63) is 30.3 Å². The molecule has 0 spiro atoms. The Hall–Kier alpha value is -3.39. The predicted octanol–water partition coefficient (Wildman–Crippen LogP) is 5.29. The molecular weight excluding hydrogens is 749 g/mol. The van der Waals surface area contributed by atoms with Crippen molar-refractivity contribution in [3.8, 4) is 0 Å². The summed E-state index contributed by atoms with van der Waals surface area (Å²) < 4.78 is 21.4. The van der Waals surface area contributed by atoms with Gasteiger partial charge in [0.15, 0.2) is 16.6 Å². The number of carbonyl (C=O) groups excluding carboxylic acids is 4. The van der Waals surface area contributed by atoms with Crippen LogP contribution in [-0.2, 0) is 50.7 Å². The van der Waals surface area contributed by atoms with E-state index < -0.39 is 69.5 Å². The van der Waals surface area contributed by atoms with Crippen molar-refractivity contribution in [1.82, 2.24) is 0 Å². The third-order valence-corrected chi connectivity index (χ3v) is 24.6. The number of carbonyl (C=O) groups is 4. The highest BCUT2D eigenvalue weighted by atomic mass is 28.5. The highest BCUT2D eigenvalue weighted by Crippen LogP contribution is 2.33. The second-order valence-corrected chi connectivity index (χ2v) is 30.3. The van der Waals surface area contributed by atoms with Gasteiger partial charge in [-0.25, -0.2) is 0 Å². The molecule has 52 heavy (non-hydrogen) atoms. The van der Waals surface area contributed by atoms with Crippen LogP contribution in [0, 0.1) is 17.8 Å². The Bertz CT molecular complexity index is 1290. The Kier molecular flexibility index (Phi) is 24.2. The molecule has 0 aliphatic rings. The summed E-state index contributed by atoms with van der Waals surface area (Å²) in [4.78, 5) is 78.1. The molecule has 15 nitrogen and oxygen atoms in total. The number of rotatable bonds is 24. The van der Waals surface area contributed by atoms with E-state index in [9.17, 15) is 39.6 Å². The Morgan fingerprint density at radius 2 is 0.923 bits per heavy atom. The summed E-state index contributed by atoms with van der Waals surface area (Å²) in [5, 5.41) is 38.3. The summed E-state index contributed by atoms with van der Waals surface area (Å²) in [6, 6.07) is 11.7. The van der Waals surface area contributed by atoms with Gasteiger partial charge in [0.2, 0.25) is 0 Å². The van der Waals surface area contributed by atoms with E-state index in [-0.39, 0.29) is 38.0 Å². The molecule has 19 heteroatoms. The van der Waals surface area contributed by atoms with Crippen LogP contribution in [0.2, 0.25) is 57.4 Å². The molecule has 0 aromatic heterocycles. The molecular formula is C33H56O15Si4. The largest absolute Gasteiger partial charge is 0.481 e. The number of benzene rings is 1. The van der Waals surface area contributed by atoms with E-state index in [1.807, 2.05) is 36.9 Å². The van der Waals surface area contributed by atoms with Gasteiger partial charge in [-0.05, 0) is 99.6 Å². The minimum absolute atomic E-state index is 0.207. The zero-order valence-corrected chi connectivity index (χ0v) is 35.5. The van der Waals surface area contributed by atoms with Gasteiger partial charge in [-0.2, -0.15) is 19.2 Å². The fraction of sp³-hybridized carbons (Fsp3) is 0.636. The maximum Gasteiger partial charge on any atom is 0.373 e. The molecule has 1 aromatic carbocycles. The minimum atomic E-state index is -3.16. The van der Waals surface area contributed by atoms with Crippen LogP contribution in [0.1, 0.15) is 58.8 Å². The van der Waals surface area contributed by atoms with Gasteiger partial charge in [0.1, 0.15) is 0 Å². The van der Waals surface area contributed by atoms with Gasteiger partial charge in [-0.3, -0.25) is 19.2 Å². The SMILES string of the molecule is CC(C)CC[Si](C)(O[Si](C)(C)CCC(CC(=O)O)CC(=O)O)O[Si](C)(O[Si](C)(C)CCC(CC(=O)O)CC(=O)O)c1ccccc1.O=C=O.O=C=O. The quantitative estimate of drug-likeness (QED) is 0.0970. The predicted molar refractivity (Wildman–Crippen MR) is 197 cm³/mol. The average molecular weight is 805 g/mol. The highest BCUT2D eigenvalue weighted by Gasteiger charge is 2.49. The first-order valence-electron chi connectivity index (χ1n) is 16.9. The fourth-order valence-electron chi connectivity index (χ4n) is 5.82. The normalized spacial score (nSPS) is 13.7.